The van der Waals surface area contributed by atoms with Crippen LogP contribution in [0.15, 0.2) is 30.3 Å². The number of hydroxylamine groups is 2. The molecule has 0 aliphatic carbocycles. The Labute approximate surface area is 142 Å². The second kappa shape index (κ2) is 6.07. The highest BCUT2D eigenvalue weighted by atomic mass is 19.3. The first kappa shape index (κ1) is 17.3. The number of benzene rings is 1. The normalized spacial score (nSPS) is 18.8. The molecule has 134 valence electrons. The minimum atomic E-state index is -2.81. The van der Waals surface area contributed by atoms with Gasteiger partial charge in [0.15, 0.2) is 5.69 Å². The van der Waals surface area contributed by atoms with Gasteiger partial charge in [-0.2, -0.15) is 5.10 Å². The molecule has 1 fully saturated rings. The quantitative estimate of drug-likeness (QED) is 0.792. The number of alkyl halides is 2. The molecule has 0 bridgehead atoms. The lowest BCUT2D eigenvalue weighted by Crippen LogP contribution is -2.64. The van der Waals surface area contributed by atoms with Crippen LogP contribution in [0.4, 0.5) is 19.0 Å². The van der Waals surface area contributed by atoms with Crippen LogP contribution >= 0.6 is 0 Å². The molecule has 0 radical (unpaired) electrons. The average molecular weight is 354 g/mol. The lowest BCUT2D eigenvalue weighted by molar-refractivity contribution is -0.0760. The van der Waals surface area contributed by atoms with Gasteiger partial charge >= 0.3 is 0 Å². The van der Waals surface area contributed by atoms with E-state index in [1.165, 1.54) is 61.0 Å². The zero-order chi connectivity index (χ0) is 18.4. The first-order valence-electron chi connectivity index (χ1n) is 7.57. The number of halogens is 3. The van der Waals surface area contributed by atoms with Crippen molar-refractivity contribution in [2.24, 2.45) is 0 Å². The van der Waals surface area contributed by atoms with Crippen molar-refractivity contribution in [3.05, 3.63) is 41.8 Å². The van der Waals surface area contributed by atoms with E-state index in [9.17, 15) is 18.0 Å². The van der Waals surface area contributed by atoms with E-state index in [2.05, 4.69) is 5.10 Å². The highest BCUT2D eigenvalue weighted by Crippen LogP contribution is 2.39. The van der Waals surface area contributed by atoms with Crippen molar-refractivity contribution in [2.45, 2.75) is 18.9 Å². The third-order valence-electron chi connectivity index (χ3n) is 4.29. The molecule has 0 spiro atoms. The van der Waals surface area contributed by atoms with E-state index >= 15 is 0 Å². The summed E-state index contributed by atoms with van der Waals surface area (Å²) in [5.74, 6) is -3.44. The molecule has 0 saturated carbocycles. The molecule has 2 heterocycles. The van der Waals surface area contributed by atoms with Crippen molar-refractivity contribution < 1.29 is 22.8 Å². The molecular weight excluding hydrogens is 337 g/mol. The van der Waals surface area contributed by atoms with Crippen LogP contribution in [-0.4, -0.2) is 53.4 Å². The standard InChI is InChI=1S/C16H17F3N4O2/c1-10-16(18,19)9-22(10)14-8-13(15(24)21(2)25-3)20-23(14)12-6-4-11(17)5-7-12/h4-8,10H,9H2,1-3H3/t10-/m1/s1. The summed E-state index contributed by atoms with van der Waals surface area (Å²) >= 11 is 0. The van der Waals surface area contributed by atoms with Gasteiger partial charge in [0.05, 0.1) is 25.4 Å². The Morgan fingerprint density at radius 1 is 1.36 bits per heavy atom. The average Bonchev–Trinajstić information content (AvgIpc) is 3.03. The lowest BCUT2D eigenvalue weighted by Gasteiger charge is -2.46. The Bertz CT molecular complexity index is 791. The number of nitrogens with zero attached hydrogens (tertiary/aromatic N) is 4. The molecule has 3 rings (SSSR count). The Morgan fingerprint density at radius 3 is 2.52 bits per heavy atom. The molecule has 1 saturated heterocycles. The molecule has 2 aromatic rings. The molecule has 25 heavy (non-hydrogen) atoms. The molecule has 1 aromatic heterocycles. The number of hydrogen-bond acceptors (Lipinski definition) is 4. The van der Waals surface area contributed by atoms with Crippen LogP contribution in [0.5, 0.6) is 0 Å². The maximum absolute atomic E-state index is 13.6. The smallest absolute Gasteiger partial charge is 0.297 e. The summed E-state index contributed by atoms with van der Waals surface area (Å²) in [6, 6.07) is 5.78. The Morgan fingerprint density at radius 2 is 2.00 bits per heavy atom. The minimum Gasteiger partial charge on any atom is -0.342 e. The summed E-state index contributed by atoms with van der Waals surface area (Å²) < 4.78 is 41.7. The van der Waals surface area contributed by atoms with Crippen molar-refractivity contribution in [3.8, 4) is 5.69 Å². The van der Waals surface area contributed by atoms with Gasteiger partial charge in [0.2, 0.25) is 0 Å². The van der Waals surface area contributed by atoms with Gasteiger partial charge in [-0.3, -0.25) is 9.63 Å². The third-order valence-corrected chi connectivity index (χ3v) is 4.29. The Balaban J connectivity index is 2.04. The number of amides is 1. The molecule has 0 N–H and O–H groups in total. The third kappa shape index (κ3) is 2.95. The zero-order valence-corrected chi connectivity index (χ0v) is 13.9. The molecule has 6 nitrogen and oxygen atoms in total. The van der Waals surface area contributed by atoms with Crippen molar-refractivity contribution >= 4 is 11.7 Å². The lowest BCUT2D eigenvalue weighted by atomic mass is 10.0. The number of rotatable bonds is 4. The fourth-order valence-electron chi connectivity index (χ4n) is 2.59. The van der Waals surface area contributed by atoms with E-state index in [0.29, 0.717) is 11.5 Å². The van der Waals surface area contributed by atoms with Gasteiger partial charge in [0.1, 0.15) is 11.6 Å². The predicted octanol–water partition coefficient (Wildman–Crippen LogP) is 2.49. The van der Waals surface area contributed by atoms with E-state index < -0.39 is 30.2 Å². The summed E-state index contributed by atoms with van der Waals surface area (Å²) in [6.45, 7) is 0.920. The van der Waals surface area contributed by atoms with Gasteiger partial charge in [-0.05, 0) is 31.2 Å². The van der Waals surface area contributed by atoms with Gasteiger partial charge in [-0.1, -0.05) is 0 Å². The van der Waals surface area contributed by atoms with Crippen molar-refractivity contribution in [1.29, 1.82) is 0 Å². The van der Waals surface area contributed by atoms with Crippen LogP contribution in [-0.2, 0) is 4.84 Å². The van der Waals surface area contributed by atoms with Gasteiger partial charge in [0.25, 0.3) is 11.8 Å². The maximum atomic E-state index is 13.6. The summed E-state index contributed by atoms with van der Waals surface area (Å²) in [7, 11) is 2.74. The number of aromatic nitrogens is 2. The Kier molecular flexibility index (Phi) is 4.19. The first-order valence-corrected chi connectivity index (χ1v) is 7.57. The molecule has 1 atom stereocenters. The van der Waals surface area contributed by atoms with Crippen molar-refractivity contribution in [3.63, 3.8) is 0 Å². The molecular formula is C16H17F3N4O2. The van der Waals surface area contributed by atoms with Crippen LogP contribution in [0.25, 0.3) is 5.69 Å². The number of carbonyl (C=O) groups is 1. The summed E-state index contributed by atoms with van der Waals surface area (Å²) in [6.07, 6.45) is 0. The van der Waals surface area contributed by atoms with E-state index in [1.54, 1.807) is 0 Å². The van der Waals surface area contributed by atoms with Gasteiger partial charge in [-0.25, -0.2) is 22.9 Å². The number of hydrogen-bond donors (Lipinski definition) is 0. The van der Waals surface area contributed by atoms with Crippen LogP contribution in [0, 0.1) is 5.82 Å². The molecule has 1 amide bonds. The van der Waals surface area contributed by atoms with Crippen LogP contribution in [0.3, 0.4) is 0 Å². The molecule has 9 heteroatoms. The highest BCUT2D eigenvalue weighted by Gasteiger charge is 2.53. The SMILES string of the molecule is CON(C)C(=O)c1cc(N2CC(F)(F)[C@H]2C)n(-c2ccc(F)cc2)n1. The number of anilines is 1. The van der Waals surface area contributed by atoms with Gasteiger partial charge in [-0.15, -0.1) is 0 Å². The largest absolute Gasteiger partial charge is 0.342 e. The van der Waals surface area contributed by atoms with Crippen LogP contribution in [0.1, 0.15) is 17.4 Å². The fraction of sp³-hybridized carbons (Fsp3) is 0.375. The molecule has 1 aromatic carbocycles. The van der Waals surface area contributed by atoms with Crippen LogP contribution < -0.4 is 4.90 Å². The van der Waals surface area contributed by atoms with E-state index in [1.807, 2.05) is 0 Å². The van der Waals surface area contributed by atoms with E-state index in [4.69, 9.17) is 4.84 Å². The van der Waals surface area contributed by atoms with Gasteiger partial charge in [0, 0.05) is 13.1 Å². The summed E-state index contributed by atoms with van der Waals surface area (Å²) in [4.78, 5) is 18.6. The Hall–Kier alpha value is -2.55. The molecule has 1 aliphatic heterocycles. The monoisotopic (exact) mass is 354 g/mol. The van der Waals surface area contributed by atoms with E-state index in [0.717, 1.165) is 5.06 Å². The summed E-state index contributed by atoms with van der Waals surface area (Å²) in [5, 5.41) is 5.18. The topological polar surface area (TPSA) is 50.6 Å². The first-order chi connectivity index (χ1) is 11.7. The highest BCUT2D eigenvalue weighted by molar-refractivity contribution is 5.92. The molecule has 1 aliphatic rings. The second-order valence-electron chi connectivity index (χ2n) is 5.83. The molecule has 0 unspecified atom stereocenters. The maximum Gasteiger partial charge on any atom is 0.297 e. The van der Waals surface area contributed by atoms with Crippen LogP contribution in [0.2, 0.25) is 0 Å². The van der Waals surface area contributed by atoms with Crippen molar-refractivity contribution in [1.82, 2.24) is 14.8 Å². The predicted molar refractivity (Wildman–Crippen MR) is 84.4 cm³/mol. The number of carbonyl (C=O) groups excluding carboxylic acids is 1. The second-order valence-corrected chi connectivity index (χ2v) is 5.83. The zero-order valence-electron chi connectivity index (χ0n) is 13.9. The fourth-order valence-corrected chi connectivity index (χ4v) is 2.59. The van der Waals surface area contributed by atoms with Crippen molar-refractivity contribution in [2.75, 3.05) is 25.6 Å². The van der Waals surface area contributed by atoms with E-state index in [-0.39, 0.29) is 5.69 Å². The van der Waals surface area contributed by atoms with Gasteiger partial charge < -0.3 is 4.90 Å². The summed E-state index contributed by atoms with van der Waals surface area (Å²) in [5.41, 5.74) is 0.490. The minimum absolute atomic E-state index is 0.0334.